The second kappa shape index (κ2) is 5.87. The highest BCUT2D eigenvalue weighted by Crippen LogP contribution is 2.31. The number of aromatic nitrogens is 2. The van der Waals surface area contributed by atoms with Crippen LogP contribution in [0, 0.1) is 0 Å². The molecule has 0 radical (unpaired) electrons. The molecule has 0 aliphatic carbocycles. The van der Waals surface area contributed by atoms with Crippen LogP contribution in [0.3, 0.4) is 0 Å². The molecule has 0 unspecified atom stereocenters. The summed E-state index contributed by atoms with van der Waals surface area (Å²) < 4.78 is 8.19. The topological polar surface area (TPSA) is 27.1 Å². The van der Waals surface area contributed by atoms with Gasteiger partial charge in [-0.15, -0.1) is 11.6 Å². The third kappa shape index (κ3) is 2.63. The Morgan fingerprint density at radius 2 is 2.05 bits per heavy atom. The van der Waals surface area contributed by atoms with Crippen LogP contribution in [0.15, 0.2) is 40.9 Å². The van der Waals surface area contributed by atoms with Crippen LogP contribution >= 0.6 is 39.1 Å². The van der Waals surface area contributed by atoms with E-state index in [1.54, 1.807) is 7.11 Å². The van der Waals surface area contributed by atoms with Gasteiger partial charge in [0.1, 0.15) is 11.6 Å². The van der Waals surface area contributed by atoms with Gasteiger partial charge >= 0.3 is 0 Å². The van der Waals surface area contributed by atoms with Gasteiger partial charge in [-0.25, -0.2) is 4.98 Å². The molecule has 0 N–H and O–H groups in total. The van der Waals surface area contributed by atoms with Gasteiger partial charge in [-0.2, -0.15) is 0 Å². The van der Waals surface area contributed by atoms with Crippen molar-refractivity contribution in [1.29, 1.82) is 0 Å². The third-order valence-corrected chi connectivity index (χ3v) is 4.25. The van der Waals surface area contributed by atoms with Crippen LogP contribution in [0.25, 0.3) is 16.7 Å². The molecule has 0 bridgehead atoms. The number of hydrogen-bond donors (Lipinski definition) is 0. The minimum absolute atomic E-state index is 0.292. The van der Waals surface area contributed by atoms with E-state index in [0.717, 1.165) is 32.8 Å². The van der Waals surface area contributed by atoms with Gasteiger partial charge < -0.3 is 4.74 Å². The maximum atomic E-state index is 6.35. The van der Waals surface area contributed by atoms with E-state index in [1.807, 2.05) is 41.0 Å². The highest BCUT2D eigenvalue weighted by molar-refractivity contribution is 9.10. The van der Waals surface area contributed by atoms with Crippen LogP contribution in [-0.2, 0) is 5.88 Å². The SMILES string of the molecule is COc1ccc2nc(CCl)n(-c3cc(Br)ccc3Cl)c2c1. The second-order valence-electron chi connectivity index (χ2n) is 4.45. The van der Waals surface area contributed by atoms with Crippen molar-refractivity contribution in [1.82, 2.24) is 9.55 Å². The van der Waals surface area contributed by atoms with E-state index in [0.29, 0.717) is 10.9 Å². The third-order valence-electron chi connectivity index (χ3n) is 3.20. The van der Waals surface area contributed by atoms with E-state index in [9.17, 15) is 0 Å². The first-order chi connectivity index (χ1) is 10.1. The maximum absolute atomic E-state index is 6.35. The molecule has 6 heteroatoms. The number of ether oxygens (including phenoxy) is 1. The lowest BCUT2D eigenvalue weighted by atomic mass is 10.2. The number of alkyl halides is 1. The molecule has 0 saturated carbocycles. The Labute approximate surface area is 140 Å². The lowest BCUT2D eigenvalue weighted by Gasteiger charge is -2.11. The molecular formula is C15H11BrCl2N2O. The van der Waals surface area contributed by atoms with Crippen molar-refractivity contribution < 1.29 is 4.74 Å². The molecule has 1 aromatic heterocycles. The summed E-state index contributed by atoms with van der Waals surface area (Å²) in [5, 5.41) is 0.631. The van der Waals surface area contributed by atoms with E-state index >= 15 is 0 Å². The maximum Gasteiger partial charge on any atom is 0.129 e. The molecule has 0 fully saturated rings. The lowest BCUT2D eigenvalue weighted by Crippen LogP contribution is -2.00. The molecule has 3 rings (SSSR count). The standard InChI is InChI=1S/C15H11BrCl2N2O/c1-21-10-3-5-12-14(7-10)20(15(8-17)19-12)13-6-9(16)2-4-11(13)18/h2-7H,8H2,1H3. The molecule has 0 atom stereocenters. The zero-order chi connectivity index (χ0) is 15.0. The highest BCUT2D eigenvalue weighted by Gasteiger charge is 2.15. The highest BCUT2D eigenvalue weighted by atomic mass is 79.9. The van der Waals surface area contributed by atoms with Crippen LogP contribution in [0.4, 0.5) is 0 Å². The predicted octanol–water partition coefficient (Wildman–Crippen LogP) is 5.19. The largest absolute Gasteiger partial charge is 0.497 e. The first kappa shape index (κ1) is 14.7. The van der Waals surface area contributed by atoms with Gasteiger partial charge in [0.2, 0.25) is 0 Å². The first-order valence-electron chi connectivity index (χ1n) is 6.21. The predicted molar refractivity (Wildman–Crippen MR) is 89.9 cm³/mol. The number of hydrogen-bond acceptors (Lipinski definition) is 2. The molecule has 0 amide bonds. The summed E-state index contributed by atoms with van der Waals surface area (Å²) >= 11 is 15.9. The summed E-state index contributed by atoms with van der Waals surface area (Å²) in [6, 6.07) is 11.4. The van der Waals surface area contributed by atoms with Crippen LogP contribution in [-0.4, -0.2) is 16.7 Å². The van der Waals surface area contributed by atoms with Gasteiger partial charge in [0, 0.05) is 10.5 Å². The average Bonchev–Trinajstić information content (AvgIpc) is 2.87. The number of fused-ring (bicyclic) bond motifs is 1. The number of benzene rings is 2. The molecule has 0 spiro atoms. The van der Waals surface area contributed by atoms with Crippen molar-refractivity contribution in [2.24, 2.45) is 0 Å². The number of methoxy groups -OCH3 is 1. The van der Waals surface area contributed by atoms with Gasteiger partial charge in [-0.1, -0.05) is 27.5 Å². The summed E-state index contributed by atoms with van der Waals surface area (Å²) in [6.45, 7) is 0. The van der Waals surface area contributed by atoms with Crippen molar-refractivity contribution in [3.63, 3.8) is 0 Å². The van der Waals surface area contributed by atoms with Gasteiger partial charge in [0.15, 0.2) is 0 Å². The molecule has 3 aromatic rings. The smallest absolute Gasteiger partial charge is 0.129 e. The van der Waals surface area contributed by atoms with E-state index in [-0.39, 0.29) is 0 Å². The van der Waals surface area contributed by atoms with Crippen molar-refractivity contribution in [2.45, 2.75) is 5.88 Å². The van der Waals surface area contributed by atoms with Gasteiger partial charge in [0.05, 0.1) is 34.7 Å². The zero-order valence-electron chi connectivity index (χ0n) is 11.1. The molecule has 21 heavy (non-hydrogen) atoms. The van der Waals surface area contributed by atoms with Crippen molar-refractivity contribution in [3.8, 4) is 11.4 Å². The summed E-state index contributed by atoms with van der Waals surface area (Å²) in [5.74, 6) is 1.79. The fourth-order valence-corrected chi connectivity index (χ4v) is 2.98. The molecule has 0 aliphatic rings. The second-order valence-corrected chi connectivity index (χ2v) is 6.04. The fraction of sp³-hybridized carbons (Fsp3) is 0.133. The normalized spacial score (nSPS) is 11.0. The Balaban J connectivity index is 2.36. The average molecular weight is 386 g/mol. The Morgan fingerprint density at radius 3 is 2.76 bits per heavy atom. The number of nitrogens with zero attached hydrogens (tertiary/aromatic N) is 2. The monoisotopic (exact) mass is 384 g/mol. The van der Waals surface area contributed by atoms with Crippen LogP contribution in [0.2, 0.25) is 5.02 Å². The molecule has 1 heterocycles. The Morgan fingerprint density at radius 1 is 1.24 bits per heavy atom. The Kier molecular flexibility index (Phi) is 4.11. The molecule has 3 nitrogen and oxygen atoms in total. The zero-order valence-corrected chi connectivity index (χ0v) is 14.2. The summed E-state index contributed by atoms with van der Waals surface area (Å²) in [6.07, 6.45) is 0. The molecule has 108 valence electrons. The minimum Gasteiger partial charge on any atom is -0.497 e. The molecule has 0 aliphatic heterocycles. The van der Waals surface area contributed by atoms with Crippen LogP contribution in [0.1, 0.15) is 5.82 Å². The summed E-state index contributed by atoms with van der Waals surface area (Å²) in [7, 11) is 1.64. The molecule has 2 aromatic carbocycles. The van der Waals surface area contributed by atoms with E-state index in [4.69, 9.17) is 27.9 Å². The van der Waals surface area contributed by atoms with Crippen LogP contribution < -0.4 is 4.74 Å². The minimum atomic E-state index is 0.292. The van der Waals surface area contributed by atoms with Gasteiger partial charge in [-0.3, -0.25) is 4.57 Å². The van der Waals surface area contributed by atoms with Crippen molar-refractivity contribution in [3.05, 3.63) is 51.7 Å². The van der Waals surface area contributed by atoms with Gasteiger partial charge in [0.25, 0.3) is 0 Å². The first-order valence-corrected chi connectivity index (χ1v) is 7.91. The molecule has 0 saturated heterocycles. The fourth-order valence-electron chi connectivity index (χ4n) is 2.25. The number of rotatable bonds is 3. The lowest BCUT2D eigenvalue weighted by molar-refractivity contribution is 0.415. The van der Waals surface area contributed by atoms with E-state index in [2.05, 4.69) is 20.9 Å². The number of halogens is 3. The Bertz CT molecular complexity index is 817. The van der Waals surface area contributed by atoms with E-state index in [1.165, 1.54) is 0 Å². The van der Waals surface area contributed by atoms with Crippen molar-refractivity contribution in [2.75, 3.05) is 7.11 Å². The van der Waals surface area contributed by atoms with Crippen molar-refractivity contribution >= 4 is 50.2 Å². The van der Waals surface area contributed by atoms with E-state index < -0.39 is 0 Å². The molecular weight excluding hydrogens is 375 g/mol. The summed E-state index contributed by atoms with van der Waals surface area (Å²) in [5.41, 5.74) is 2.59. The number of imidazole rings is 1. The summed E-state index contributed by atoms with van der Waals surface area (Å²) in [4.78, 5) is 4.56. The van der Waals surface area contributed by atoms with Crippen LogP contribution in [0.5, 0.6) is 5.75 Å². The van der Waals surface area contributed by atoms with Gasteiger partial charge in [-0.05, 0) is 30.3 Å². The quantitative estimate of drug-likeness (QED) is 0.580. The Hall–Kier alpha value is -1.23.